The first-order valence-corrected chi connectivity index (χ1v) is 5.50. The molecule has 0 amide bonds. The molecule has 4 heteroatoms. The fourth-order valence-corrected chi connectivity index (χ4v) is 1.61. The third-order valence-corrected chi connectivity index (χ3v) is 2.86. The lowest BCUT2D eigenvalue weighted by atomic mass is 10.3. The highest BCUT2D eigenvalue weighted by Crippen LogP contribution is 2.18. The Bertz CT molecular complexity index is 464. The number of hydrogen-bond acceptors (Lipinski definition) is 2. The van der Waals surface area contributed by atoms with Crippen molar-refractivity contribution < 1.29 is 0 Å². The number of nitrogens with zero attached hydrogens (tertiary/aromatic N) is 2. The van der Waals surface area contributed by atoms with Crippen molar-refractivity contribution >= 4 is 28.6 Å². The third kappa shape index (κ3) is 1.92. The summed E-state index contributed by atoms with van der Waals surface area (Å²) in [5.41, 5.74) is 2.13. The van der Waals surface area contributed by atoms with E-state index in [9.17, 15) is 0 Å². The van der Waals surface area contributed by atoms with Crippen LogP contribution in [0.5, 0.6) is 0 Å². The molecule has 0 radical (unpaired) electrons. The van der Waals surface area contributed by atoms with Crippen LogP contribution in [-0.2, 0) is 7.05 Å². The van der Waals surface area contributed by atoms with Gasteiger partial charge in [0.1, 0.15) is 0 Å². The molecule has 1 aromatic carbocycles. The maximum absolute atomic E-state index is 5.75. The van der Waals surface area contributed by atoms with Crippen molar-refractivity contribution in [3.05, 3.63) is 24.3 Å². The van der Waals surface area contributed by atoms with Crippen LogP contribution >= 0.6 is 11.6 Å². The van der Waals surface area contributed by atoms with Gasteiger partial charge in [-0.3, -0.25) is 0 Å². The van der Waals surface area contributed by atoms with Crippen molar-refractivity contribution in [3.63, 3.8) is 0 Å². The van der Waals surface area contributed by atoms with Crippen LogP contribution in [0.3, 0.4) is 0 Å². The fraction of sp³-hybridized carbons (Fsp3) is 0.364. The molecule has 0 aliphatic rings. The number of aromatic nitrogens is 2. The molecule has 2 rings (SSSR count). The lowest BCUT2D eigenvalue weighted by molar-refractivity contribution is 0.848. The number of para-hydroxylation sites is 2. The molecule has 0 saturated carbocycles. The Morgan fingerprint density at radius 2 is 2.20 bits per heavy atom. The number of imidazole rings is 1. The van der Waals surface area contributed by atoms with Crippen LogP contribution in [0.2, 0.25) is 0 Å². The molecular weight excluding hydrogens is 210 g/mol. The Hall–Kier alpha value is -1.22. The van der Waals surface area contributed by atoms with Gasteiger partial charge in [-0.15, -0.1) is 11.6 Å². The van der Waals surface area contributed by atoms with Gasteiger partial charge in [-0.25, -0.2) is 4.98 Å². The van der Waals surface area contributed by atoms with Gasteiger partial charge in [-0.1, -0.05) is 12.1 Å². The highest BCUT2D eigenvalue weighted by atomic mass is 35.5. The van der Waals surface area contributed by atoms with Gasteiger partial charge in [0.05, 0.1) is 11.0 Å². The predicted octanol–water partition coefficient (Wildman–Crippen LogP) is 2.61. The summed E-state index contributed by atoms with van der Waals surface area (Å²) in [4.78, 5) is 4.49. The summed E-state index contributed by atoms with van der Waals surface area (Å²) in [6.07, 6.45) is 0. The van der Waals surface area contributed by atoms with E-state index in [4.69, 9.17) is 11.6 Å². The normalized spacial score (nSPS) is 13.0. The second kappa shape index (κ2) is 4.11. The second-order valence-corrected chi connectivity index (χ2v) is 3.99. The molecule has 15 heavy (non-hydrogen) atoms. The van der Waals surface area contributed by atoms with E-state index < -0.39 is 0 Å². The zero-order chi connectivity index (χ0) is 10.8. The van der Waals surface area contributed by atoms with Crippen molar-refractivity contribution in [2.24, 2.45) is 7.05 Å². The van der Waals surface area contributed by atoms with Gasteiger partial charge in [0.15, 0.2) is 0 Å². The molecule has 0 aliphatic heterocycles. The second-order valence-electron chi connectivity index (χ2n) is 3.68. The minimum Gasteiger partial charge on any atom is -0.352 e. The Balaban J connectivity index is 2.40. The molecule has 3 nitrogen and oxygen atoms in total. The number of rotatable bonds is 3. The molecule has 1 N–H and O–H groups in total. The molecule has 80 valence electrons. The van der Waals surface area contributed by atoms with Gasteiger partial charge < -0.3 is 9.88 Å². The molecular formula is C11H14ClN3. The lowest BCUT2D eigenvalue weighted by Gasteiger charge is -2.10. The third-order valence-electron chi connectivity index (χ3n) is 2.39. The molecule has 0 fully saturated rings. The Morgan fingerprint density at radius 3 is 2.87 bits per heavy atom. The SMILES string of the molecule is CC(CCl)Nc1nc2ccccc2n1C. The molecule has 1 unspecified atom stereocenters. The van der Waals surface area contributed by atoms with E-state index in [-0.39, 0.29) is 6.04 Å². The number of fused-ring (bicyclic) bond motifs is 1. The van der Waals surface area contributed by atoms with Crippen molar-refractivity contribution in [2.75, 3.05) is 11.2 Å². The van der Waals surface area contributed by atoms with Crippen LogP contribution in [0.25, 0.3) is 11.0 Å². The van der Waals surface area contributed by atoms with E-state index >= 15 is 0 Å². The van der Waals surface area contributed by atoms with Crippen molar-refractivity contribution in [2.45, 2.75) is 13.0 Å². The van der Waals surface area contributed by atoms with E-state index in [0.29, 0.717) is 5.88 Å². The van der Waals surface area contributed by atoms with E-state index in [1.807, 2.05) is 36.7 Å². The molecule has 0 saturated heterocycles. The van der Waals surface area contributed by atoms with E-state index in [2.05, 4.69) is 16.4 Å². The van der Waals surface area contributed by atoms with Crippen LogP contribution in [0.1, 0.15) is 6.92 Å². The van der Waals surface area contributed by atoms with Gasteiger partial charge >= 0.3 is 0 Å². The Morgan fingerprint density at radius 1 is 1.47 bits per heavy atom. The number of hydrogen-bond donors (Lipinski definition) is 1. The summed E-state index contributed by atoms with van der Waals surface area (Å²) in [5, 5.41) is 3.27. The van der Waals surface area contributed by atoms with Crippen LogP contribution in [-0.4, -0.2) is 21.5 Å². The summed E-state index contributed by atoms with van der Waals surface area (Å²) in [5.74, 6) is 1.44. The average molecular weight is 224 g/mol. The van der Waals surface area contributed by atoms with Gasteiger partial charge in [0, 0.05) is 19.0 Å². The van der Waals surface area contributed by atoms with E-state index in [1.54, 1.807) is 0 Å². The standard InChI is InChI=1S/C11H14ClN3/c1-8(7-12)13-11-14-9-5-3-4-6-10(9)15(11)2/h3-6,8H,7H2,1-2H3,(H,13,14). The predicted molar refractivity (Wildman–Crippen MR) is 64.5 cm³/mol. The smallest absolute Gasteiger partial charge is 0.203 e. The number of aryl methyl sites for hydroxylation is 1. The molecule has 0 aliphatic carbocycles. The first-order chi connectivity index (χ1) is 7.22. The minimum atomic E-state index is 0.224. The van der Waals surface area contributed by atoms with Crippen molar-refractivity contribution in [1.82, 2.24) is 9.55 Å². The first kappa shape index (κ1) is 10.3. The Labute approximate surface area is 94.1 Å². The van der Waals surface area contributed by atoms with Crippen LogP contribution in [0.4, 0.5) is 5.95 Å². The summed E-state index contributed by atoms with van der Waals surface area (Å²) < 4.78 is 2.04. The van der Waals surface area contributed by atoms with E-state index in [1.165, 1.54) is 0 Å². The largest absolute Gasteiger partial charge is 0.352 e. The summed E-state index contributed by atoms with van der Waals surface area (Å²) in [6.45, 7) is 2.03. The first-order valence-electron chi connectivity index (χ1n) is 4.96. The minimum absolute atomic E-state index is 0.224. The quantitative estimate of drug-likeness (QED) is 0.811. The zero-order valence-electron chi connectivity index (χ0n) is 8.87. The van der Waals surface area contributed by atoms with Gasteiger partial charge in [-0.05, 0) is 19.1 Å². The van der Waals surface area contributed by atoms with Crippen LogP contribution in [0, 0.1) is 0 Å². The van der Waals surface area contributed by atoms with E-state index in [0.717, 1.165) is 17.0 Å². The van der Waals surface area contributed by atoms with Crippen LogP contribution < -0.4 is 5.32 Å². The number of anilines is 1. The zero-order valence-corrected chi connectivity index (χ0v) is 9.62. The fourth-order valence-electron chi connectivity index (χ4n) is 1.53. The Kier molecular flexibility index (Phi) is 2.82. The monoisotopic (exact) mass is 223 g/mol. The molecule has 1 aromatic heterocycles. The summed E-state index contributed by atoms with van der Waals surface area (Å²) in [6, 6.07) is 8.29. The van der Waals surface area contributed by atoms with Crippen molar-refractivity contribution in [3.8, 4) is 0 Å². The number of benzene rings is 1. The number of halogens is 1. The maximum atomic E-state index is 5.75. The lowest BCUT2D eigenvalue weighted by Crippen LogP contribution is -2.19. The number of nitrogens with one attached hydrogen (secondary N) is 1. The topological polar surface area (TPSA) is 29.9 Å². The molecule has 1 heterocycles. The van der Waals surface area contributed by atoms with Gasteiger partial charge in [0.2, 0.25) is 5.95 Å². The maximum Gasteiger partial charge on any atom is 0.203 e. The van der Waals surface area contributed by atoms with Gasteiger partial charge in [0.25, 0.3) is 0 Å². The van der Waals surface area contributed by atoms with Crippen molar-refractivity contribution in [1.29, 1.82) is 0 Å². The highest BCUT2D eigenvalue weighted by Gasteiger charge is 2.08. The van der Waals surface area contributed by atoms with Gasteiger partial charge in [-0.2, -0.15) is 0 Å². The molecule has 2 aromatic rings. The molecule has 0 bridgehead atoms. The molecule has 1 atom stereocenters. The average Bonchev–Trinajstić information content (AvgIpc) is 2.57. The van der Waals surface area contributed by atoms with Crippen LogP contribution in [0.15, 0.2) is 24.3 Å². The number of alkyl halides is 1. The molecule has 0 spiro atoms. The summed E-state index contributed by atoms with van der Waals surface area (Å²) in [7, 11) is 2.00. The summed E-state index contributed by atoms with van der Waals surface area (Å²) >= 11 is 5.75. The highest BCUT2D eigenvalue weighted by molar-refractivity contribution is 6.18.